The number of benzene rings is 4. The zero-order chi connectivity index (χ0) is 23.6. The summed E-state index contributed by atoms with van der Waals surface area (Å²) in [4.78, 5) is 23.2. The normalized spacial score (nSPS) is 11.2. The number of rotatable bonds is 6. The molecule has 0 atom stereocenters. The van der Waals surface area contributed by atoms with Crippen LogP contribution in [0.4, 0.5) is 17.1 Å². The Morgan fingerprint density at radius 1 is 0.879 bits per heavy atom. The van der Waals surface area contributed by atoms with Gasteiger partial charge in [-0.25, -0.2) is 8.42 Å². The van der Waals surface area contributed by atoms with Crippen LogP contribution in [-0.4, -0.2) is 19.2 Å². The monoisotopic (exact) mass is 461 g/mol. The zero-order valence-corrected chi connectivity index (χ0v) is 18.3. The first-order valence-corrected chi connectivity index (χ1v) is 11.4. The minimum atomic E-state index is -3.86. The molecule has 0 radical (unpaired) electrons. The van der Waals surface area contributed by atoms with Crippen molar-refractivity contribution in [2.45, 2.75) is 11.8 Å². The second-order valence-corrected chi connectivity index (χ2v) is 9.00. The van der Waals surface area contributed by atoms with Gasteiger partial charge in [-0.15, -0.1) is 0 Å². The third-order valence-corrected chi connectivity index (χ3v) is 6.58. The van der Waals surface area contributed by atoms with Crippen molar-refractivity contribution >= 4 is 43.8 Å². The third-order valence-electron chi connectivity index (χ3n) is 5.20. The molecule has 0 aromatic heterocycles. The Morgan fingerprint density at radius 2 is 1.55 bits per heavy atom. The van der Waals surface area contributed by atoms with Crippen LogP contribution in [0.15, 0.2) is 89.8 Å². The largest absolute Gasteiger partial charge is 0.322 e. The molecule has 0 fully saturated rings. The van der Waals surface area contributed by atoms with Gasteiger partial charge in [0.2, 0.25) is 0 Å². The van der Waals surface area contributed by atoms with E-state index in [1.807, 2.05) is 30.3 Å². The molecule has 0 unspecified atom stereocenters. The highest BCUT2D eigenvalue weighted by Gasteiger charge is 2.19. The van der Waals surface area contributed by atoms with Gasteiger partial charge in [-0.1, -0.05) is 42.5 Å². The van der Waals surface area contributed by atoms with E-state index in [1.165, 1.54) is 49.4 Å². The van der Waals surface area contributed by atoms with Crippen molar-refractivity contribution < 1.29 is 18.1 Å². The van der Waals surface area contributed by atoms with Crippen LogP contribution in [0.1, 0.15) is 15.9 Å². The van der Waals surface area contributed by atoms with Crippen molar-refractivity contribution in [1.29, 1.82) is 0 Å². The van der Waals surface area contributed by atoms with Gasteiger partial charge in [0.05, 0.1) is 15.5 Å². The Labute approximate surface area is 190 Å². The van der Waals surface area contributed by atoms with Gasteiger partial charge in [0.15, 0.2) is 0 Å². The molecule has 1 amide bonds. The fourth-order valence-electron chi connectivity index (χ4n) is 3.50. The molecule has 4 rings (SSSR count). The number of hydrogen-bond donors (Lipinski definition) is 2. The van der Waals surface area contributed by atoms with E-state index in [1.54, 1.807) is 12.1 Å². The van der Waals surface area contributed by atoms with E-state index in [-0.39, 0.29) is 21.7 Å². The maximum Gasteiger partial charge on any atom is 0.273 e. The molecule has 0 saturated carbocycles. The highest BCUT2D eigenvalue weighted by molar-refractivity contribution is 7.92. The molecule has 8 nitrogen and oxygen atoms in total. The van der Waals surface area contributed by atoms with E-state index < -0.39 is 20.9 Å². The smallest absolute Gasteiger partial charge is 0.273 e. The van der Waals surface area contributed by atoms with Gasteiger partial charge in [0.25, 0.3) is 21.6 Å². The van der Waals surface area contributed by atoms with Gasteiger partial charge in [0.1, 0.15) is 0 Å². The molecule has 9 heteroatoms. The highest BCUT2D eigenvalue weighted by Crippen LogP contribution is 2.26. The Morgan fingerprint density at radius 3 is 2.27 bits per heavy atom. The number of nitrogens with zero attached hydrogens (tertiary/aromatic N) is 1. The molecule has 0 aliphatic rings. The molecule has 0 heterocycles. The number of nitro benzene ring substituents is 1. The lowest BCUT2D eigenvalue weighted by molar-refractivity contribution is -0.385. The number of carbonyl (C=O) groups excluding carboxylic acids is 1. The molecule has 166 valence electrons. The maximum atomic E-state index is 12.9. The van der Waals surface area contributed by atoms with Crippen LogP contribution in [-0.2, 0) is 10.0 Å². The van der Waals surface area contributed by atoms with E-state index in [0.29, 0.717) is 11.4 Å². The van der Waals surface area contributed by atoms with E-state index in [9.17, 15) is 23.3 Å². The van der Waals surface area contributed by atoms with Gasteiger partial charge in [-0.2, -0.15) is 0 Å². The number of anilines is 2. The number of amides is 1. The lowest BCUT2D eigenvalue weighted by Crippen LogP contribution is -2.15. The summed E-state index contributed by atoms with van der Waals surface area (Å²) in [5, 5.41) is 15.4. The van der Waals surface area contributed by atoms with Crippen LogP contribution < -0.4 is 10.0 Å². The molecular weight excluding hydrogens is 442 g/mol. The number of carbonyl (C=O) groups is 1. The first-order chi connectivity index (χ1) is 15.8. The topological polar surface area (TPSA) is 118 Å². The SMILES string of the molecule is Cc1c(C(=O)Nc2ccc(S(=O)(=O)Nc3cccc4ccccc34)cc2)cccc1[N+](=O)[O-]. The molecular formula is C24H19N3O5S. The van der Waals surface area contributed by atoms with Crippen LogP contribution in [0.5, 0.6) is 0 Å². The lowest BCUT2D eigenvalue weighted by atomic mass is 10.1. The fraction of sp³-hybridized carbons (Fsp3) is 0.0417. The Balaban J connectivity index is 1.54. The number of nitrogens with one attached hydrogen (secondary N) is 2. The van der Waals surface area contributed by atoms with Crippen molar-refractivity contribution in [3.8, 4) is 0 Å². The summed E-state index contributed by atoms with van der Waals surface area (Å²) in [7, 11) is -3.86. The average Bonchev–Trinajstić information content (AvgIpc) is 2.79. The molecule has 0 spiro atoms. The molecule has 0 aliphatic heterocycles. The van der Waals surface area contributed by atoms with Crippen molar-refractivity contribution in [2.75, 3.05) is 10.0 Å². The van der Waals surface area contributed by atoms with E-state index in [4.69, 9.17) is 0 Å². The van der Waals surface area contributed by atoms with Crippen LogP contribution >= 0.6 is 0 Å². The van der Waals surface area contributed by atoms with Crippen molar-refractivity contribution in [2.24, 2.45) is 0 Å². The van der Waals surface area contributed by atoms with Gasteiger partial charge >= 0.3 is 0 Å². The summed E-state index contributed by atoms with van der Waals surface area (Å²) >= 11 is 0. The fourth-order valence-corrected chi connectivity index (χ4v) is 4.58. The second-order valence-electron chi connectivity index (χ2n) is 7.32. The van der Waals surface area contributed by atoms with Crippen molar-refractivity contribution in [3.05, 3.63) is 106 Å². The molecule has 0 bridgehead atoms. The van der Waals surface area contributed by atoms with Crippen LogP contribution in [0, 0.1) is 17.0 Å². The number of fused-ring (bicyclic) bond motifs is 1. The standard InChI is InChI=1S/C24H19N3O5S/c1-16-20(9-5-11-23(16)27(29)30)24(28)25-18-12-14-19(15-13-18)33(31,32)26-22-10-4-7-17-6-2-3-8-21(17)22/h2-15,26H,1H3,(H,25,28). The van der Waals surface area contributed by atoms with E-state index >= 15 is 0 Å². The van der Waals surface area contributed by atoms with Crippen LogP contribution in [0.25, 0.3) is 10.8 Å². The average molecular weight is 461 g/mol. The van der Waals surface area contributed by atoms with Gasteiger partial charge in [-0.3, -0.25) is 19.6 Å². The Kier molecular flexibility index (Phi) is 5.80. The highest BCUT2D eigenvalue weighted by atomic mass is 32.2. The third kappa shape index (κ3) is 4.53. The molecule has 2 N–H and O–H groups in total. The maximum absolute atomic E-state index is 12.9. The first-order valence-electron chi connectivity index (χ1n) is 9.92. The predicted octanol–water partition coefficient (Wildman–Crippen LogP) is 5.11. The lowest BCUT2D eigenvalue weighted by Gasteiger charge is -2.12. The summed E-state index contributed by atoms with van der Waals surface area (Å²) < 4.78 is 28.4. The van der Waals surface area contributed by atoms with Crippen LogP contribution in [0.3, 0.4) is 0 Å². The summed E-state index contributed by atoms with van der Waals surface area (Å²) in [6.45, 7) is 1.50. The zero-order valence-electron chi connectivity index (χ0n) is 17.5. The minimum Gasteiger partial charge on any atom is -0.322 e. The molecule has 33 heavy (non-hydrogen) atoms. The summed E-state index contributed by atoms with van der Waals surface area (Å²) in [5.74, 6) is -0.527. The quantitative estimate of drug-likeness (QED) is 0.306. The predicted molar refractivity (Wildman–Crippen MR) is 127 cm³/mol. The summed E-state index contributed by atoms with van der Waals surface area (Å²) in [5.41, 5.74) is 1.09. The Bertz CT molecular complexity index is 1480. The second kappa shape index (κ2) is 8.71. The molecule has 0 aliphatic carbocycles. The summed E-state index contributed by atoms with van der Waals surface area (Å²) in [6, 6.07) is 22.7. The minimum absolute atomic E-state index is 0.0277. The molecule has 0 saturated heterocycles. The number of sulfonamides is 1. The molecule has 4 aromatic carbocycles. The van der Waals surface area contributed by atoms with Gasteiger partial charge in [-0.05, 0) is 48.7 Å². The van der Waals surface area contributed by atoms with Gasteiger partial charge < -0.3 is 5.32 Å². The van der Waals surface area contributed by atoms with Crippen molar-refractivity contribution in [1.82, 2.24) is 0 Å². The van der Waals surface area contributed by atoms with Crippen molar-refractivity contribution in [3.63, 3.8) is 0 Å². The number of nitro groups is 1. The van der Waals surface area contributed by atoms with Gasteiger partial charge in [0, 0.05) is 28.3 Å². The van der Waals surface area contributed by atoms with E-state index in [2.05, 4.69) is 10.0 Å². The van der Waals surface area contributed by atoms with Crippen LogP contribution in [0.2, 0.25) is 0 Å². The Hall–Kier alpha value is -4.24. The number of hydrogen-bond acceptors (Lipinski definition) is 5. The molecule has 4 aromatic rings. The van der Waals surface area contributed by atoms with E-state index in [0.717, 1.165) is 10.8 Å². The first kappa shape index (κ1) is 22.0. The summed E-state index contributed by atoms with van der Waals surface area (Å²) in [6.07, 6.45) is 0.